The van der Waals surface area contributed by atoms with E-state index >= 15 is 0 Å². The average molecular weight is 455 g/mol. The zero-order valence-corrected chi connectivity index (χ0v) is 18.0. The number of amides is 2. The van der Waals surface area contributed by atoms with E-state index in [1.54, 1.807) is 67.6 Å². The first-order chi connectivity index (χ1) is 14.8. The highest BCUT2D eigenvalue weighted by atomic mass is 35.5. The van der Waals surface area contributed by atoms with Gasteiger partial charge in [0, 0.05) is 10.6 Å². The quantitative estimate of drug-likeness (QED) is 0.415. The van der Waals surface area contributed by atoms with Crippen LogP contribution in [0.5, 0.6) is 0 Å². The SMILES string of the molecule is CC(Sc1ccc(NC(=O)c2ccccc2C(=O)O)cc1)C(=O)Nc1ccccc1Cl. The van der Waals surface area contributed by atoms with Gasteiger partial charge in [-0.25, -0.2) is 4.79 Å². The van der Waals surface area contributed by atoms with Crippen molar-refractivity contribution in [2.24, 2.45) is 0 Å². The predicted molar refractivity (Wildman–Crippen MR) is 123 cm³/mol. The zero-order chi connectivity index (χ0) is 22.4. The molecule has 0 aliphatic heterocycles. The number of aromatic carboxylic acids is 1. The van der Waals surface area contributed by atoms with Crippen molar-refractivity contribution in [3.8, 4) is 0 Å². The topological polar surface area (TPSA) is 95.5 Å². The van der Waals surface area contributed by atoms with E-state index < -0.39 is 11.9 Å². The number of hydrogen-bond acceptors (Lipinski definition) is 4. The summed E-state index contributed by atoms with van der Waals surface area (Å²) >= 11 is 7.44. The Balaban J connectivity index is 1.61. The lowest BCUT2D eigenvalue weighted by Gasteiger charge is -2.13. The number of carboxylic acids is 1. The minimum absolute atomic E-state index is 0.0643. The average Bonchev–Trinajstić information content (AvgIpc) is 2.76. The molecule has 0 aromatic heterocycles. The van der Waals surface area contributed by atoms with Gasteiger partial charge >= 0.3 is 5.97 Å². The van der Waals surface area contributed by atoms with Gasteiger partial charge in [-0.1, -0.05) is 35.9 Å². The first-order valence-electron chi connectivity index (χ1n) is 9.31. The van der Waals surface area contributed by atoms with E-state index in [0.29, 0.717) is 16.4 Å². The summed E-state index contributed by atoms with van der Waals surface area (Å²) in [5.74, 6) is -1.85. The first kappa shape index (κ1) is 22.4. The van der Waals surface area contributed by atoms with E-state index in [1.807, 2.05) is 0 Å². The lowest BCUT2D eigenvalue weighted by atomic mass is 10.1. The lowest BCUT2D eigenvalue weighted by Crippen LogP contribution is -2.22. The Bertz CT molecular complexity index is 1120. The molecule has 158 valence electrons. The molecule has 8 heteroatoms. The second-order valence-corrected chi connectivity index (χ2v) is 8.38. The van der Waals surface area contributed by atoms with Gasteiger partial charge in [0.15, 0.2) is 0 Å². The van der Waals surface area contributed by atoms with Crippen molar-refractivity contribution in [2.45, 2.75) is 17.1 Å². The summed E-state index contributed by atoms with van der Waals surface area (Å²) in [4.78, 5) is 37.0. The van der Waals surface area contributed by atoms with Gasteiger partial charge in [-0.2, -0.15) is 0 Å². The van der Waals surface area contributed by atoms with Gasteiger partial charge in [-0.3, -0.25) is 9.59 Å². The third kappa shape index (κ3) is 5.87. The van der Waals surface area contributed by atoms with Crippen molar-refractivity contribution < 1.29 is 19.5 Å². The molecule has 0 heterocycles. The molecule has 3 aromatic rings. The monoisotopic (exact) mass is 454 g/mol. The van der Waals surface area contributed by atoms with Gasteiger partial charge < -0.3 is 15.7 Å². The number of halogens is 1. The normalized spacial score (nSPS) is 11.4. The van der Waals surface area contributed by atoms with E-state index in [-0.39, 0.29) is 22.3 Å². The Morgan fingerprint density at radius 2 is 1.48 bits per heavy atom. The van der Waals surface area contributed by atoms with Crippen LogP contribution in [0.2, 0.25) is 5.02 Å². The number of rotatable bonds is 7. The largest absolute Gasteiger partial charge is 0.478 e. The van der Waals surface area contributed by atoms with E-state index in [1.165, 1.54) is 23.9 Å². The fraction of sp³-hybridized carbons (Fsp3) is 0.0870. The number of benzene rings is 3. The number of carboxylic acid groups (broad SMARTS) is 1. The number of para-hydroxylation sites is 1. The molecule has 0 aliphatic rings. The summed E-state index contributed by atoms with van der Waals surface area (Å²) in [6.07, 6.45) is 0. The van der Waals surface area contributed by atoms with E-state index in [2.05, 4.69) is 10.6 Å². The molecule has 0 radical (unpaired) electrons. The maximum absolute atomic E-state index is 12.4. The summed E-state index contributed by atoms with van der Waals surface area (Å²) in [5, 5.41) is 14.8. The second kappa shape index (κ2) is 10.1. The number of hydrogen-bond donors (Lipinski definition) is 3. The molecule has 3 aromatic carbocycles. The van der Waals surface area contributed by atoms with Gasteiger partial charge in [-0.05, 0) is 55.5 Å². The highest BCUT2D eigenvalue weighted by Gasteiger charge is 2.17. The number of nitrogens with one attached hydrogen (secondary N) is 2. The van der Waals surface area contributed by atoms with Crippen LogP contribution in [0.15, 0.2) is 77.7 Å². The van der Waals surface area contributed by atoms with E-state index in [0.717, 1.165) is 4.90 Å². The van der Waals surface area contributed by atoms with Crippen LogP contribution in [0.4, 0.5) is 11.4 Å². The third-order valence-corrected chi connectivity index (χ3v) is 5.77. The highest BCUT2D eigenvalue weighted by molar-refractivity contribution is 8.00. The second-order valence-electron chi connectivity index (χ2n) is 6.56. The molecule has 1 atom stereocenters. The molecule has 31 heavy (non-hydrogen) atoms. The van der Waals surface area contributed by atoms with E-state index in [4.69, 9.17) is 11.6 Å². The molecule has 2 amide bonds. The Morgan fingerprint density at radius 3 is 2.13 bits per heavy atom. The molecule has 1 unspecified atom stereocenters. The Labute approximate surface area is 188 Å². The van der Waals surface area contributed by atoms with Crippen LogP contribution in [0.1, 0.15) is 27.6 Å². The van der Waals surface area contributed by atoms with Gasteiger partial charge in [0.1, 0.15) is 0 Å². The van der Waals surface area contributed by atoms with Crippen LogP contribution in [0.3, 0.4) is 0 Å². The van der Waals surface area contributed by atoms with Crippen molar-refractivity contribution in [1.29, 1.82) is 0 Å². The molecule has 0 spiro atoms. The van der Waals surface area contributed by atoms with Gasteiger partial charge in [0.2, 0.25) is 5.91 Å². The summed E-state index contributed by atoms with van der Waals surface area (Å²) in [6.45, 7) is 1.79. The minimum atomic E-state index is -1.17. The molecule has 3 rings (SSSR count). The van der Waals surface area contributed by atoms with Crippen LogP contribution in [-0.4, -0.2) is 28.1 Å². The number of carbonyl (C=O) groups is 3. The summed E-state index contributed by atoms with van der Waals surface area (Å²) in [7, 11) is 0. The fourth-order valence-corrected chi connectivity index (χ4v) is 3.79. The molecule has 3 N–H and O–H groups in total. The maximum Gasteiger partial charge on any atom is 0.336 e. The minimum Gasteiger partial charge on any atom is -0.478 e. The van der Waals surface area contributed by atoms with E-state index in [9.17, 15) is 19.5 Å². The van der Waals surface area contributed by atoms with Gasteiger partial charge in [0.25, 0.3) is 5.91 Å². The highest BCUT2D eigenvalue weighted by Crippen LogP contribution is 2.27. The first-order valence-corrected chi connectivity index (χ1v) is 10.6. The van der Waals surface area contributed by atoms with Crippen LogP contribution in [-0.2, 0) is 4.79 Å². The summed E-state index contributed by atoms with van der Waals surface area (Å²) < 4.78 is 0. The van der Waals surface area contributed by atoms with Crippen molar-refractivity contribution >= 4 is 52.5 Å². The Kier molecular flexibility index (Phi) is 7.33. The standard InChI is InChI=1S/C23H19ClN2O4S/c1-14(21(27)26-20-9-5-4-8-19(20)24)31-16-12-10-15(11-13-16)25-22(28)17-6-2-3-7-18(17)23(29)30/h2-14H,1H3,(H,25,28)(H,26,27)(H,29,30). The Hall–Kier alpha value is -3.29. The maximum atomic E-state index is 12.4. The molecule has 0 bridgehead atoms. The molecular weight excluding hydrogens is 436 g/mol. The number of anilines is 2. The smallest absolute Gasteiger partial charge is 0.336 e. The van der Waals surface area contributed by atoms with Crippen LogP contribution in [0.25, 0.3) is 0 Å². The van der Waals surface area contributed by atoms with Crippen LogP contribution < -0.4 is 10.6 Å². The van der Waals surface area contributed by atoms with Gasteiger partial charge in [-0.15, -0.1) is 11.8 Å². The molecule has 0 aliphatic carbocycles. The molecule has 0 saturated heterocycles. The fourth-order valence-electron chi connectivity index (χ4n) is 2.74. The number of carbonyl (C=O) groups excluding carboxylic acids is 2. The third-order valence-electron chi connectivity index (χ3n) is 4.33. The number of thioether (sulfide) groups is 1. The zero-order valence-electron chi connectivity index (χ0n) is 16.5. The van der Waals surface area contributed by atoms with Crippen molar-refractivity contribution in [1.82, 2.24) is 0 Å². The summed E-state index contributed by atoms with van der Waals surface area (Å²) in [6, 6.07) is 20.0. The van der Waals surface area contributed by atoms with Crippen molar-refractivity contribution in [2.75, 3.05) is 10.6 Å². The Morgan fingerprint density at radius 1 is 0.871 bits per heavy atom. The molecule has 0 fully saturated rings. The van der Waals surface area contributed by atoms with Crippen LogP contribution >= 0.6 is 23.4 Å². The summed E-state index contributed by atoms with van der Waals surface area (Å²) in [5.41, 5.74) is 1.09. The van der Waals surface area contributed by atoms with Crippen molar-refractivity contribution in [3.63, 3.8) is 0 Å². The predicted octanol–water partition coefficient (Wildman–Crippen LogP) is 5.41. The van der Waals surface area contributed by atoms with Gasteiger partial charge in [0.05, 0.1) is 27.1 Å². The van der Waals surface area contributed by atoms with Crippen molar-refractivity contribution in [3.05, 3.63) is 88.9 Å². The lowest BCUT2D eigenvalue weighted by molar-refractivity contribution is -0.115. The molecule has 6 nitrogen and oxygen atoms in total. The van der Waals surface area contributed by atoms with Crippen LogP contribution in [0, 0.1) is 0 Å². The molecular formula is C23H19ClN2O4S. The molecule has 0 saturated carbocycles.